The summed E-state index contributed by atoms with van der Waals surface area (Å²) in [6.45, 7) is 7.17. The van der Waals surface area contributed by atoms with E-state index in [1.165, 1.54) is 12.1 Å². The van der Waals surface area contributed by atoms with Gasteiger partial charge in [-0.05, 0) is 84.0 Å². The molecule has 0 bridgehead atoms. The van der Waals surface area contributed by atoms with Crippen LogP contribution in [0.5, 0.6) is 5.75 Å². The van der Waals surface area contributed by atoms with Gasteiger partial charge in [0.1, 0.15) is 11.6 Å². The Hall–Kier alpha value is -3.93. The van der Waals surface area contributed by atoms with Crippen molar-refractivity contribution in [2.75, 3.05) is 11.4 Å². The normalized spacial score (nSPS) is 17.6. The van der Waals surface area contributed by atoms with Gasteiger partial charge in [0.15, 0.2) is 0 Å². The molecule has 1 aromatic heterocycles. The highest BCUT2D eigenvalue weighted by Crippen LogP contribution is 2.44. The number of halogens is 1. The summed E-state index contributed by atoms with van der Waals surface area (Å²) in [6.07, 6.45) is 5.35. The van der Waals surface area contributed by atoms with Crippen molar-refractivity contribution in [1.29, 1.82) is 0 Å². The van der Waals surface area contributed by atoms with E-state index in [1.54, 1.807) is 6.07 Å². The predicted molar refractivity (Wildman–Crippen MR) is 140 cm³/mol. The highest BCUT2D eigenvalue weighted by Gasteiger charge is 2.40. The Morgan fingerprint density at radius 2 is 1.78 bits per heavy atom. The number of benzene rings is 3. The molecular weight excluding hydrogens is 453 g/mol. The van der Waals surface area contributed by atoms with Gasteiger partial charge in [0.05, 0.1) is 5.54 Å². The number of rotatable bonds is 6. The molecule has 0 aliphatic carbocycles. The number of hydrogen-bond acceptors (Lipinski definition) is 5. The zero-order valence-corrected chi connectivity index (χ0v) is 20.8. The summed E-state index contributed by atoms with van der Waals surface area (Å²) in [6, 6.07) is 20.6. The number of nitrogens with zero attached hydrogens (tertiary/aromatic N) is 3. The molecule has 184 valence electrons. The molecule has 1 N–H and O–H groups in total. The minimum absolute atomic E-state index is 0.253. The van der Waals surface area contributed by atoms with Crippen molar-refractivity contribution in [1.82, 2.24) is 10.2 Å². The van der Waals surface area contributed by atoms with Crippen molar-refractivity contribution < 1.29 is 13.9 Å². The van der Waals surface area contributed by atoms with Crippen LogP contribution in [0.15, 0.2) is 71.1 Å². The van der Waals surface area contributed by atoms with E-state index in [0.717, 1.165) is 47.3 Å². The first-order valence-corrected chi connectivity index (χ1v) is 12.3. The van der Waals surface area contributed by atoms with E-state index < -0.39 is 5.54 Å². The lowest BCUT2D eigenvalue weighted by Crippen LogP contribution is -2.49. The molecule has 4 aromatic rings. The summed E-state index contributed by atoms with van der Waals surface area (Å²) in [5.74, 6) is 1.61. The fourth-order valence-electron chi connectivity index (χ4n) is 5.03. The largest absolute Gasteiger partial charge is 0.508 e. The summed E-state index contributed by atoms with van der Waals surface area (Å²) < 4.78 is 19.4. The molecule has 36 heavy (non-hydrogen) atoms. The lowest BCUT2D eigenvalue weighted by atomic mass is 9.76. The Kier molecular flexibility index (Phi) is 6.35. The zero-order valence-electron chi connectivity index (χ0n) is 20.8. The lowest BCUT2D eigenvalue weighted by Gasteiger charge is -2.48. The maximum atomic E-state index is 13.7. The van der Waals surface area contributed by atoms with Gasteiger partial charge in [0.25, 0.3) is 0 Å². The molecule has 1 aliphatic rings. The molecule has 5 rings (SSSR count). The zero-order chi connectivity index (χ0) is 25.3. The fraction of sp³-hybridized carbons (Fsp3) is 0.267. The van der Waals surface area contributed by atoms with Crippen molar-refractivity contribution >= 4 is 17.8 Å². The quantitative estimate of drug-likeness (QED) is 0.334. The third kappa shape index (κ3) is 4.63. The van der Waals surface area contributed by atoms with E-state index in [9.17, 15) is 9.50 Å². The second-order valence-electron chi connectivity index (χ2n) is 9.88. The molecule has 1 atom stereocenters. The minimum Gasteiger partial charge on any atom is -0.508 e. The van der Waals surface area contributed by atoms with Gasteiger partial charge in [-0.2, -0.15) is 0 Å². The van der Waals surface area contributed by atoms with Crippen LogP contribution < -0.4 is 4.90 Å². The number of aromatic nitrogens is 2. The minimum atomic E-state index is -0.500. The van der Waals surface area contributed by atoms with Gasteiger partial charge in [0, 0.05) is 24.7 Å². The fourth-order valence-corrected chi connectivity index (χ4v) is 5.03. The van der Waals surface area contributed by atoms with Crippen LogP contribution in [-0.4, -0.2) is 21.8 Å². The van der Waals surface area contributed by atoms with E-state index >= 15 is 0 Å². The molecule has 0 spiro atoms. The molecule has 0 radical (unpaired) electrons. The van der Waals surface area contributed by atoms with Crippen LogP contribution >= 0.6 is 0 Å². The van der Waals surface area contributed by atoms with E-state index in [0.29, 0.717) is 17.7 Å². The van der Waals surface area contributed by atoms with E-state index in [1.807, 2.05) is 36.4 Å². The molecule has 2 heterocycles. The number of phenolic OH excluding ortho intramolecular Hbond substituents is 1. The van der Waals surface area contributed by atoms with Gasteiger partial charge in [-0.15, -0.1) is 10.2 Å². The summed E-state index contributed by atoms with van der Waals surface area (Å²) in [7, 11) is 0. The third-order valence-corrected chi connectivity index (χ3v) is 6.85. The smallest absolute Gasteiger partial charge is 0.240 e. The van der Waals surface area contributed by atoms with Crippen LogP contribution in [0.25, 0.3) is 12.2 Å². The molecular formula is C30H30FN3O2. The highest BCUT2D eigenvalue weighted by molar-refractivity contribution is 5.67. The first-order chi connectivity index (χ1) is 17.3. The van der Waals surface area contributed by atoms with Gasteiger partial charge in [-0.25, -0.2) is 4.39 Å². The maximum absolute atomic E-state index is 13.7. The monoisotopic (exact) mass is 483 g/mol. The standard InChI is InChI=1S/C30H30FN3O2/c1-20(2)18-29-33-32-28(36-29)15-6-21-4-7-23(8-5-21)30(3)27-14-13-26(35)19-22(27)16-17-34(30)25-11-9-24(31)10-12-25/h4-15,19-20,35H,16-18H2,1-3H3. The first kappa shape index (κ1) is 23.8. The average Bonchev–Trinajstić information content (AvgIpc) is 3.30. The second kappa shape index (κ2) is 9.61. The molecule has 6 heteroatoms. The third-order valence-electron chi connectivity index (χ3n) is 6.85. The van der Waals surface area contributed by atoms with Crippen LogP contribution in [0.3, 0.4) is 0 Å². The Labute approximate surface area is 210 Å². The van der Waals surface area contributed by atoms with Gasteiger partial charge < -0.3 is 14.4 Å². The maximum Gasteiger partial charge on any atom is 0.240 e. The molecule has 1 aliphatic heterocycles. The molecule has 0 amide bonds. The van der Waals surface area contributed by atoms with Crippen LogP contribution in [0.4, 0.5) is 10.1 Å². The SMILES string of the molecule is CC(C)Cc1nnc(C=Cc2ccc(C3(C)c4ccc(O)cc4CCN3c3ccc(F)cc3)cc2)o1. The molecule has 3 aromatic carbocycles. The molecule has 0 saturated heterocycles. The van der Waals surface area contributed by atoms with E-state index in [-0.39, 0.29) is 11.6 Å². The second-order valence-corrected chi connectivity index (χ2v) is 9.88. The molecule has 1 unspecified atom stereocenters. The summed E-state index contributed by atoms with van der Waals surface area (Å²) in [5.41, 5.74) is 4.82. The topological polar surface area (TPSA) is 62.4 Å². The number of fused-ring (bicyclic) bond motifs is 1. The van der Waals surface area contributed by atoms with Crippen molar-refractivity contribution in [3.63, 3.8) is 0 Å². The lowest BCUT2D eigenvalue weighted by molar-refractivity contribution is 0.452. The van der Waals surface area contributed by atoms with E-state index in [4.69, 9.17) is 4.42 Å². The van der Waals surface area contributed by atoms with Crippen LogP contribution in [0.2, 0.25) is 0 Å². The molecule has 5 nitrogen and oxygen atoms in total. The summed E-state index contributed by atoms with van der Waals surface area (Å²) in [4.78, 5) is 2.31. The van der Waals surface area contributed by atoms with Crippen LogP contribution in [-0.2, 0) is 18.4 Å². The van der Waals surface area contributed by atoms with Crippen molar-refractivity contribution in [2.24, 2.45) is 5.92 Å². The number of hydrogen-bond donors (Lipinski definition) is 1. The average molecular weight is 484 g/mol. The predicted octanol–water partition coefficient (Wildman–Crippen LogP) is 6.61. The summed E-state index contributed by atoms with van der Waals surface area (Å²) in [5, 5.41) is 18.3. The Morgan fingerprint density at radius 1 is 1.03 bits per heavy atom. The van der Waals surface area contributed by atoms with Crippen LogP contribution in [0.1, 0.15) is 54.8 Å². The number of phenols is 1. The van der Waals surface area contributed by atoms with Gasteiger partial charge in [0.2, 0.25) is 11.8 Å². The van der Waals surface area contributed by atoms with Gasteiger partial charge in [-0.3, -0.25) is 0 Å². The van der Waals surface area contributed by atoms with Crippen molar-refractivity contribution in [3.8, 4) is 5.75 Å². The molecule has 0 fully saturated rings. The van der Waals surface area contributed by atoms with E-state index in [2.05, 4.69) is 60.1 Å². The Bertz CT molecular complexity index is 1380. The highest BCUT2D eigenvalue weighted by atomic mass is 19.1. The Balaban J connectivity index is 1.48. The summed E-state index contributed by atoms with van der Waals surface area (Å²) >= 11 is 0. The van der Waals surface area contributed by atoms with Gasteiger partial charge >= 0.3 is 0 Å². The van der Waals surface area contributed by atoms with Crippen LogP contribution in [0, 0.1) is 11.7 Å². The first-order valence-electron chi connectivity index (χ1n) is 12.3. The number of anilines is 1. The number of aromatic hydroxyl groups is 1. The van der Waals surface area contributed by atoms with Crippen molar-refractivity contribution in [2.45, 2.75) is 39.2 Å². The van der Waals surface area contributed by atoms with Gasteiger partial charge in [-0.1, -0.05) is 44.2 Å². The Morgan fingerprint density at radius 3 is 2.50 bits per heavy atom. The molecule has 0 saturated carbocycles. The van der Waals surface area contributed by atoms with Crippen molar-refractivity contribution in [3.05, 3.63) is 107 Å².